The fourth-order valence-corrected chi connectivity index (χ4v) is 0. The van der Waals surface area contributed by atoms with Crippen molar-refractivity contribution in [3.63, 3.8) is 0 Å². The first-order chi connectivity index (χ1) is 0. The second kappa shape index (κ2) is 144. The summed E-state index contributed by atoms with van der Waals surface area (Å²) in [7, 11) is 0. The fraction of sp³-hybridized carbons (Fsp3) is 0. The van der Waals surface area contributed by atoms with Crippen LogP contribution in [-0.4, -0.2) is 142 Å². The molecule has 76 valence electrons. The second-order valence-corrected chi connectivity index (χ2v) is 0. The molecule has 0 heterocycles. The Morgan fingerprint density at radius 2 is 0.357 bits per heavy atom. The zero-order chi connectivity index (χ0) is 0. The van der Waals surface area contributed by atoms with Crippen LogP contribution in [0.1, 0.15) is 0 Å². The van der Waals surface area contributed by atoms with E-state index in [1.165, 1.54) is 0 Å². The van der Waals surface area contributed by atoms with Gasteiger partial charge in [0.1, 0.15) is 0 Å². The summed E-state index contributed by atoms with van der Waals surface area (Å²) in [5.74, 6) is 0. The molecular formula is H12Ba2Cr2K2O8+2. The molecule has 0 aromatic carbocycles. The SMILES string of the molecule is O.O.O.O.[Ba+2].[Ba+2].[Cr].[Cr].[K+].[K+].[OH-].[OH-].[OH-].[OH-]. The molecule has 0 fully saturated rings. The van der Waals surface area contributed by atoms with E-state index >= 15 is 0 Å². The smallest absolute Gasteiger partial charge is 0.870 e. The van der Waals surface area contributed by atoms with Crippen LogP contribution >= 0.6 is 0 Å². The predicted octanol–water partition coefficient (Wildman–Crippen LogP) is -10.8. The molecule has 0 saturated carbocycles. The van der Waals surface area contributed by atoms with E-state index < -0.39 is 0 Å². The van der Waals surface area contributed by atoms with Gasteiger partial charge >= 0.3 is 201 Å². The molecule has 14 heteroatoms. The van der Waals surface area contributed by atoms with Gasteiger partial charge in [-0.15, -0.1) is 0 Å². The molecule has 12 N–H and O–H groups in total. The van der Waals surface area contributed by atoms with Crippen molar-refractivity contribution in [3.05, 3.63) is 0 Å². The molecule has 8 nitrogen and oxygen atoms in total. The van der Waals surface area contributed by atoms with Gasteiger partial charge in [0.15, 0.2) is 0 Å². The maximum atomic E-state index is 0. The summed E-state index contributed by atoms with van der Waals surface area (Å²) in [6.45, 7) is 0. The summed E-state index contributed by atoms with van der Waals surface area (Å²) in [4.78, 5) is 0. The molecule has 0 bridgehead atoms. The van der Waals surface area contributed by atoms with E-state index in [4.69, 9.17) is 0 Å². The molecule has 0 saturated heterocycles. The summed E-state index contributed by atoms with van der Waals surface area (Å²) in [6.07, 6.45) is 0. The summed E-state index contributed by atoms with van der Waals surface area (Å²) in [6, 6.07) is 0. The van der Waals surface area contributed by atoms with Crippen LogP contribution < -0.4 is 103 Å². The van der Waals surface area contributed by atoms with Gasteiger partial charge in [0, 0.05) is 34.7 Å². The van der Waals surface area contributed by atoms with Crippen LogP contribution in [0.25, 0.3) is 0 Å². The molecule has 14 heavy (non-hydrogen) atoms. The largest absolute Gasteiger partial charge is 2.00 e. The van der Waals surface area contributed by atoms with Gasteiger partial charge in [-0.3, -0.25) is 0 Å². The third kappa shape index (κ3) is 123. The number of hydrogen-bond donors (Lipinski definition) is 0. The zero-order valence-corrected chi connectivity index (χ0v) is 25.7. The van der Waals surface area contributed by atoms with Crippen molar-refractivity contribution in [2.75, 3.05) is 0 Å². The van der Waals surface area contributed by atoms with E-state index in [0.29, 0.717) is 0 Å². The first-order valence-electron chi connectivity index (χ1n) is 0. The van der Waals surface area contributed by atoms with Gasteiger partial charge in [0.2, 0.25) is 0 Å². The molecule has 0 atom stereocenters. The van der Waals surface area contributed by atoms with Gasteiger partial charge in [0.25, 0.3) is 0 Å². The predicted molar refractivity (Wildman–Crippen MR) is 33.7 cm³/mol. The van der Waals surface area contributed by atoms with E-state index in [1.54, 1.807) is 0 Å². The van der Waals surface area contributed by atoms with E-state index in [9.17, 15) is 0 Å². The molecule has 0 aliphatic carbocycles. The van der Waals surface area contributed by atoms with Gasteiger partial charge in [-0.25, -0.2) is 0 Å². The minimum atomic E-state index is 0. The van der Waals surface area contributed by atoms with E-state index in [1.807, 2.05) is 0 Å². The number of hydrogen-bond acceptors (Lipinski definition) is 4. The Labute approximate surface area is 270 Å². The number of rotatable bonds is 0. The fourth-order valence-electron chi connectivity index (χ4n) is 0. The van der Waals surface area contributed by atoms with E-state index in [-0.39, 0.29) is 279 Å². The first-order valence-corrected chi connectivity index (χ1v) is 0. The summed E-state index contributed by atoms with van der Waals surface area (Å²) in [5, 5.41) is 0. The normalized spacial score (nSPS) is 0. The standard InChI is InChI=1S/2Ba.2Cr.2K.8H2O/h;;;;;;8*1H2/q2*+2;;;2*+1;;;;;;;;/p-4. The van der Waals surface area contributed by atoms with Gasteiger partial charge in [0.05, 0.1) is 0 Å². The molecule has 0 aromatic heterocycles. The van der Waals surface area contributed by atoms with Gasteiger partial charge in [-0.2, -0.15) is 0 Å². The van der Waals surface area contributed by atoms with Crippen LogP contribution in [0.2, 0.25) is 0 Å². The molecule has 0 aliphatic rings. The van der Waals surface area contributed by atoms with Gasteiger partial charge in [-0.05, 0) is 0 Å². The third-order valence-corrected chi connectivity index (χ3v) is 0. The summed E-state index contributed by atoms with van der Waals surface area (Å²) in [5.41, 5.74) is 0. The monoisotopic (exact) mass is 598 g/mol. The van der Waals surface area contributed by atoms with Crippen molar-refractivity contribution >= 4 is 97.8 Å². The van der Waals surface area contributed by atoms with Gasteiger partial charge in [-0.1, -0.05) is 0 Å². The average molecular weight is 597 g/mol. The molecule has 0 amide bonds. The zero-order valence-electron chi connectivity index (χ0n) is 8.02. The maximum Gasteiger partial charge on any atom is 2.00 e. The quantitative estimate of drug-likeness (QED) is 0.247. The first kappa shape index (κ1) is 168. The molecular weight excluding hydrogens is 585 g/mol. The Kier molecular flexibility index (Phi) is 1730. The van der Waals surface area contributed by atoms with Crippen molar-refractivity contribution in [1.29, 1.82) is 0 Å². The maximum absolute atomic E-state index is 0. The Bertz CT molecular complexity index is 23.3. The van der Waals surface area contributed by atoms with Crippen molar-refractivity contribution in [3.8, 4) is 0 Å². The van der Waals surface area contributed by atoms with E-state index in [2.05, 4.69) is 0 Å². The molecule has 0 rings (SSSR count). The molecule has 0 aromatic rings. The average Bonchev–Trinajstić information content (AvgIpc) is 0. The molecule has 0 radical (unpaired) electrons. The minimum Gasteiger partial charge on any atom is -0.870 e. The molecule has 0 unspecified atom stereocenters. The van der Waals surface area contributed by atoms with Gasteiger partial charge < -0.3 is 43.8 Å². The van der Waals surface area contributed by atoms with E-state index in [0.717, 1.165) is 0 Å². The Balaban J connectivity index is 0. The van der Waals surface area contributed by atoms with Crippen molar-refractivity contribution in [2.45, 2.75) is 0 Å². The van der Waals surface area contributed by atoms with Crippen LogP contribution in [0.15, 0.2) is 0 Å². The second-order valence-electron chi connectivity index (χ2n) is 0. The Morgan fingerprint density at radius 3 is 0.357 bits per heavy atom. The minimum absolute atomic E-state index is 0. The van der Waals surface area contributed by atoms with Crippen molar-refractivity contribution in [1.82, 2.24) is 0 Å². The van der Waals surface area contributed by atoms with Crippen molar-refractivity contribution in [2.24, 2.45) is 0 Å². The Morgan fingerprint density at radius 1 is 0.357 bits per heavy atom. The van der Waals surface area contributed by atoms with Crippen LogP contribution in [0, 0.1) is 0 Å². The van der Waals surface area contributed by atoms with Crippen LogP contribution in [0.5, 0.6) is 0 Å². The van der Waals surface area contributed by atoms with Crippen LogP contribution in [0.3, 0.4) is 0 Å². The third-order valence-electron chi connectivity index (χ3n) is 0. The summed E-state index contributed by atoms with van der Waals surface area (Å²) >= 11 is 0. The molecule has 0 spiro atoms. The molecule has 0 aliphatic heterocycles. The Hall–Kier alpha value is 7.16. The van der Waals surface area contributed by atoms with Crippen LogP contribution in [0.4, 0.5) is 0 Å². The van der Waals surface area contributed by atoms with Crippen molar-refractivity contribution < 1.29 is 181 Å². The topological polar surface area (TPSA) is 246 Å². The van der Waals surface area contributed by atoms with Crippen LogP contribution in [-0.2, 0) is 34.7 Å². The summed E-state index contributed by atoms with van der Waals surface area (Å²) < 4.78 is 0.